The van der Waals surface area contributed by atoms with Crippen molar-refractivity contribution in [3.63, 3.8) is 0 Å². The molecule has 2 rings (SSSR count). The fourth-order valence-electron chi connectivity index (χ4n) is 2.93. The number of nitrogens with zero attached hydrogens (tertiary/aromatic N) is 2. The van der Waals surface area contributed by atoms with Crippen LogP contribution in [0.5, 0.6) is 0 Å². The molecule has 1 heterocycles. The molecule has 0 radical (unpaired) electrons. The van der Waals surface area contributed by atoms with Crippen molar-refractivity contribution in [1.29, 1.82) is 0 Å². The predicted octanol–water partition coefficient (Wildman–Crippen LogP) is 2.16. The first-order chi connectivity index (χ1) is 8.80. The highest BCUT2D eigenvalue weighted by atomic mass is 32.2. The van der Waals surface area contributed by atoms with Crippen molar-refractivity contribution in [2.45, 2.75) is 42.5 Å². The van der Waals surface area contributed by atoms with Gasteiger partial charge in [-0.1, -0.05) is 25.1 Å². The Morgan fingerprint density at radius 3 is 3.22 bits per heavy atom. The minimum absolute atomic E-state index is 0.0313. The van der Waals surface area contributed by atoms with Gasteiger partial charge in [-0.15, -0.1) is 0 Å². The van der Waals surface area contributed by atoms with Crippen LogP contribution in [0.4, 0.5) is 0 Å². The quantitative estimate of drug-likeness (QED) is 0.753. The molecule has 18 heavy (non-hydrogen) atoms. The number of rotatable bonds is 7. The van der Waals surface area contributed by atoms with Gasteiger partial charge in [0.25, 0.3) is 0 Å². The maximum Gasteiger partial charge on any atom is 0.169 e. The van der Waals surface area contributed by atoms with Crippen molar-refractivity contribution in [3.8, 4) is 0 Å². The van der Waals surface area contributed by atoms with E-state index in [4.69, 9.17) is 0 Å². The molecule has 0 aromatic carbocycles. The van der Waals surface area contributed by atoms with Crippen LogP contribution in [0.1, 0.15) is 32.6 Å². The maximum absolute atomic E-state index is 9.71. The van der Waals surface area contributed by atoms with E-state index in [-0.39, 0.29) is 12.1 Å². The van der Waals surface area contributed by atoms with Gasteiger partial charge in [0.05, 0.1) is 6.61 Å². The fourth-order valence-corrected chi connectivity index (χ4v) is 4.50. The summed E-state index contributed by atoms with van der Waals surface area (Å²) in [5.41, 5.74) is -0.0313. The summed E-state index contributed by atoms with van der Waals surface area (Å²) in [7, 11) is 0. The molecule has 0 saturated heterocycles. The molecule has 2 N–H and O–H groups in total. The van der Waals surface area contributed by atoms with Crippen molar-refractivity contribution in [2.24, 2.45) is 5.92 Å². The molecule has 0 aliphatic heterocycles. The largest absolute Gasteiger partial charge is 0.394 e. The highest BCUT2D eigenvalue weighted by Crippen LogP contribution is 2.38. The summed E-state index contributed by atoms with van der Waals surface area (Å²) >= 11 is 3.24. The molecule has 1 aromatic heterocycles. The Bertz CT molecular complexity index is 347. The lowest BCUT2D eigenvalue weighted by Gasteiger charge is -2.34. The van der Waals surface area contributed by atoms with Crippen LogP contribution in [0.25, 0.3) is 0 Å². The van der Waals surface area contributed by atoms with Crippen LogP contribution in [0, 0.1) is 5.92 Å². The van der Waals surface area contributed by atoms with E-state index in [0.29, 0.717) is 5.92 Å². The van der Waals surface area contributed by atoms with E-state index >= 15 is 0 Å². The normalized spacial score (nSPS) is 27.8. The summed E-state index contributed by atoms with van der Waals surface area (Å²) in [4.78, 5) is 4.18. The van der Waals surface area contributed by atoms with E-state index in [1.807, 2.05) is 0 Å². The number of aliphatic hydroxyl groups excluding tert-OH is 1. The molecule has 0 bridgehead atoms. The Hall–Kier alpha value is -0.170. The first-order valence-electron chi connectivity index (χ1n) is 6.56. The molecular formula is C12H21N3OS2. The van der Waals surface area contributed by atoms with Crippen LogP contribution in [0.3, 0.4) is 0 Å². The van der Waals surface area contributed by atoms with Crippen molar-refractivity contribution >= 4 is 23.3 Å². The van der Waals surface area contributed by atoms with Crippen LogP contribution in [-0.4, -0.2) is 38.9 Å². The average Bonchev–Trinajstić information content (AvgIpc) is 3.01. The van der Waals surface area contributed by atoms with Crippen LogP contribution >= 0.6 is 23.3 Å². The zero-order valence-electron chi connectivity index (χ0n) is 10.8. The molecule has 102 valence electrons. The smallest absolute Gasteiger partial charge is 0.169 e. The van der Waals surface area contributed by atoms with Crippen molar-refractivity contribution in [3.05, 3.63) is 6.33 Å². The van der Waals surface area contributed by atoms with Gasteiger partial charge in [0.2, 0.25) is 0 Å². The molecular weight excluding hydrogens is 266 g/mol. The van der Waals surface area contributed by atoms with E-state index in [9.17, 15) is 5.11 Å². The molecule has 4 nitrogen and oxygen atoms in total. The average molecular weight is 287 g/mol. The Kier molecular flexibility index (Phi) is 5.41. The second kappa shape index (κ2) is 6.84. The van der Waals surface area contributed by atoms with Crippen molar-refractivity contribution in [2.75, 3.05) is 18.9 Å². The van der Waals surface area contributed by atoms with Crippen LogP contribution in [0.2, 0.25) is 0 Å². The number of aliphatic hydroxyl groups is 1. The first-order valence-corrected chi connectivity index (χ1v) is 8.32. The van der Waals surface area contributed by atoms with Crippen molar-refractivity contribution < 1.29 is 5.11 Å². The molecule has 1 fully saturated rings. The summed E-state index contributed by atoms with van der Waals surface area (Å²) in [5, 5.41) is 13.2. The molecule has 2 atom stereocenters. The number of aromatic nitrogens is 2. The molecule has 0 spiro atoms. The standard InChI is InChI=1S/C12H21N3OS2/c1-2-14-12(8-16)6-3-4-10(12)5-7-17-11-13-9-15-18-11/h9-10,14,16H,2-8H2,1H3. The second-order valence-electron chi connectivity index (χ2n) is 4.78. The lowest BCUT2D eigenvalue weighted by atomic mass is 9.86. The van der Waals surface area contributed by atoms with Gasteiger partial charge in [-0.2, -0.15) is 4.37 Å². The van der Waals surface area contributed by atoms with Gasteiger partial charge in [-0.05, 0) is 43.3 Å². The number of hydrogen-bond acceptors (Lipinski definition) is 6. The first kappa shape index (κ1) is 14.2. The maximum atomic E-state index is 9.71. The van der Waals surface area contributed by atoms with E-state index in [0.717, 1.165) is 29.5 Å². The van der Waals surface area contributed by atoms with Gasteiger partial charge in [0, 0.05) is 11.3 Å². The third-order valence-electron chi connectivity index (χ3n) is 3.80. The third kappa shape index (κ3) is 3.23. The Morgan fingerprint density at radius 1 is 1.67 bits per heavy atom. The highest BCUT2D eigenvalue weighted by molar-refractivity contribution is 8.00. The van der Waals surface area contributed by atoms with Gasteiger partial charge >= 0.3 is 0 Å². The molecule has 1 saturated carbocycles. The highest BCUT2D eigenvalue weighted by Gasteiger charge is 2.41. The lowest BCUT2D eigenvalue weighted by Crippen LogP contribution is -2.51. The Balaban J connectivity index is 1.83. The summed E-state index contributed by atoms with van der Waals surface area (Å²) < 4.78 is 5.05. The SMILES string of the molecule is CCNC1(CO)CCCC1CCSc1ncns1. The van der Waals surface area contributed by atoms with E-state index in [1.165, 1.54) is 24.4 Å². The summed E-state index contributed by atoms with van der Waals surface area (Å²) in [6.07, 6.45) is 6.30. The molecule has 1 aliphatic carbocycles. The summed E-state index contributed by atoms with van der Waals surface area (Å²) in [6, 6.07) is 0. The van der Waals surface area contributed by atoms with E-state index in [1.54, 1.807) is 18.1 Å². The van der Waals surface area contributed by atoms with Crippen LogP contribution < -0.4 is 5.32 Å². The molecule has 0 amide bonds. The zero-order valence-corrected chi connectivity index (χ0v) is 12.4. The molecule has 6 heteroatoms. The molecule has 1 aromatic rings. The van der Waals surface area contributed by atoms with Crippen LogP contribution in [-0.2, 0) is 0 Å². The minimum Gasteiger partial charge on any atom is -0.394 e. The summed E-state index contributed by atoms with van der Waals surface area (Å²) in [6.45, 7) is 3.30. The van der Waals surface area contributed by atoms with Gasteiger partial charge in [0.1, 0.15) is 6.33 Å². The van der Waals surface area contributed by atoms with Gasteiger partial charge in [-0.25, -0.2) is 4.98 Å². The number of hydrogen-bond donors (Lipinski definition) is 2. The topological polar surface area (TPSA) is 58.0 Å². The monoisotopic (exact) mass is 287 g/mol. The van der Waals surface area contributed by atoms with E-state index in [2.05, 4.69) is 21.6 Å². The molecule has 2 unspecified atom stereocenters. The van der Waals surface area contributed by atoms with Gasteiger partial charge in [-0.3, -0.25) is 0 Å². The fraction of sp³-hybridized carbons (Fsp3) is 0.833. The van der Waals surface area contributed by atoms with E-state index < -0.39 is 0 Å². The van der Waals surface area contributed by atoms with Crippen LogP contribution in [0.15, 0.2) is 10.7 Å². The Morgan fingerprint density at radius 2 is 2.56 bits per heavy atom. The number of thioether (sulfide) groups is 1. The predicted molar refractivity (Wildman–Crippen MR) is 76.1 cm³/mol. The van der Waals surface area contributed by atoms with Crippen molar-refractivity contribution in [1.82, 2.24) is 14.7 Å². The number of likely N-dealkylation sites (N-methyl/N-ethyl adjacent to an activating group) is 1. The lowest BCUT2D eigenvalue weighted by molar-refractivity contribution is 0.124. The van der Waals surface area contributed by atoms with Gasteiger partial charge < -0.3 is 10.4 Å². The molecule has 1 aliphatic rings. The minimum atomic E-state index is -0.0313. The second-order valence-corrected chi connectivity index (χ2v) is 6.90. The van der Waals surface area contributed by atoms with Gasteiger partial charge in [0.15, 0.2) is 4.34 Å². The number of nitrogens with one attached hydrogen (secondary N) is 1. The Labute approximate surface area is 117 Å². The zero-order chi connectivity index (χ0) is 12.8. The summed E-state index contributed by atoms with van der Waals surface area (Å²) in [5.74, 6) is 1.65. The third-order valence-corrected chi connectivity index (χ3v) is 5.63.